The summed E-state index contributed by atoms with van der Waals surface area (Å²) >= 11 is 0. The van der Waals surface area contributed by atoms with E-state index < -0.39 is 0 Å². The lowest BCUT2D eigenvalue weighted by Gasteiger charge is -2.34. The Kier molecular flexibility index (Phi) is 5.97. The summed E-state index contributed by atoms with van der Waals surface area (Å²) in [5, 5.41) is 5.19. The monoisotopic (exact) mass is 420 g/mol. The third-order valence-corrected chi connectivity index (χ3v) is 5.63. The third kappa shape index (κ3) is 4.91. The predicted octanol–water partition coefficient (Wildman–Crippen LogP) is 1.88. The molecule has 2 aromatic rings. The van der Waals surface area contributed by atoms with Gasteiger partial charge in [0.05, 0.1) is 5.92 Å². The van der Waals surface area contributed by atoms with Gasteiger partial charge in [-0.05, 0) is 36.2 Å². The molecule has 0 aromatic heterocycles. The summed E-state index contributed by atoms with van der Waals surface area (Å²) in [7, 11) is 0. The maximum Gasteiger partial charge on any atom is 0.321 e. The van der Waals surface area contributed by atoms with E-state index in [-0.39, 0.29) is 36.1 Å². The molecule has 0 aliphatic carbocycles. The molecule has 2 aromatic carbocycles. The zero-order valence-electron chi connectivity index (χ0n) is 17.0. The Hall–Kier alpha value is -3.68. The first-order chi connectivity index (χ1) is 15.0. The fourth-order valence-electron chi connectivity index (χ4n) is 3.86. The Morgan fingerprint density at radius 3 is 2.16 bits per heavy atom. The van der Waals surface area contributed by atoms with Crippen LogP contribution in [-0.4, -0.2) is 59.7 Å². The van der Waals surface area contributed by atoms with Crippen molar-refractivity contribution in [1.82, 2.24) is 15.1 Å². The Bertz CT molecular complexity index is 982. The number of hydrogen-bond acceptors (Lipinski definition) is 4. The molecule has 5 amide bonds. The molecule has 8 heteroatoms. The molecule has 160 valence electrons. The minimum Gasteiger partial charge on any atom is -0.335 e. The van der Waals surface area contributed by atoms with Gasteiger partial charge in [0.1, 0.15) is 0 Å². The number of nitrogens with zero attached hydrogens (tertiary/aromatic N) is 2. The number of anilines is 1. The molecule has 4 rings (SSSR count). The molecule has 0 unspecified atom stereocenters. The summed E-state index contributed by atoms with van der Waals surface area (Å²) in [6.07, 6.45) is 0.708. The highest BCUT2D eigenvalue weighted by atomic mass is 16.2. The predicted molar refractivity (Wildman–Crippen MR) is 114 cm³/mol. The van der Waals surface area contributed by atoms with Gasteiger partial charge in [-0.3, -0.25) is 19.7 Å². The van der Waals surface area contributed by atoms with Gasteiger partial charge in [-0.25, -0.2) is 4.79 Å². The molecule has 2 N–H and O–H groups in total. The van der Waals surface area contributed by atoms with E-state index in [1.807, 2.05) is 30.3 Å². The van der Waals surface area contributed by atoms with E-state index in [0.717, 1.165) is 5.56 Å². The first-order valence-corrected chi connectivity index (χ1v) is 10.3. The lowest BCUT2D eigenvalue weighted by atomic mass is 9.98. The molecule has 8 nitrogen and oxygen atoms in total. The van der Waals surface area contributed by atoms with Gasteiger partial charge in [-0.1, -0.05) is 30.3 Å². The van der Waals surface area contributed by atoms with E-state index in [1.165, 1.54) is 0 Å². The third-order valence-electron chi connectivity index (χ3n) is 5.63. The number of imide groups is 1. The lowest BCUT2D eigenvalue weighted by Crippen LogP contribution is -2.51. The van der Waals surface area contributed by atoms with Crippen molar-refractivity contribution in [3.8, 4) is 0 Å². The zero-order chi connectivity index (χ0) is 21.8. The van der Waals surface area contributed by atoms with Crippen molar-refractivity contribution in [2.45, 2.75) is 12.8 Å². The fraction of sp³-hybridized carbons (Fsp3) is 0.304. The van der Waals surface area contributed by atoms with Crippen LogP contribution in [0.4, 0.5) is 10.5 Å². The van der Waals surface area contributed by atoms with Crippen LogP contribution in [0.15, 0.2) is 54.6 Å². The number of nitrogens with one attached hydrogen (secondary N) is 2. The average Bonchev–Trinajstić information content (AvgIpc) is 3.11. The van der Waals surface area contributed by atoms with E-state index in [4.69, 9.17) is 0 Å². The SMILES string of the molecule is O=C1C[C@H](Cc2ccc(NC(=O)N3CCN(C(=O)c4ccccc4)CC3)cc2)C(=O)N1. The molecule has 2 aliphatic rings. The van der Waals surface area contributed by atoms with Crippen molar-refractivity contribution < 1.29 is 19.2 Å². The average molecular weight is 420 g/mol. The lowest BCUT2D eigenvalue weighted by molar-refractivity contribution is -0.125. The van der Waals surface area contributed by atoms with Crippen LogP contribution < -0.4 is 10.6 Å². The molecule has 0 saturated carbocycles. The largest absolute Gasteiger partial charge is 0.335 e. The van der Waals surface area contributed by atoms with Crippen LogP contribution >= 0.6 is 0 Å². The molecule has 0 spiro atoms. The highest BCUT2D eigenvalue weighted by Gasteiger charge is 2.30. The summed E-state index contributed by atoms with van der Waals surface area (Å²) in [5.74, 6) is -0.812. The van der Waals surface area contributed by atoms with Crippen LogP contribution in [0.3, 0.4) is 0 Å². The van der Waals surface area contributed by atoms with Crippen molar-refractivity contribution >= 4 is 29.4 Å². The quantitative estimate of drug-likeness (QED) is 0.738. The maximum atomic E-state index is 12.6. The number of rotatable bonds is 4. The van der Waals surface area contributed by atoms with Crippen LogP contribution in [-0.2, 0) is 16.0 Å². The fourth-order valence-corrected chi connectivity index (χ4v) is 3.86. The summed E-state index contributed by atoms with van der Waals surface area (Å²) in [6.45, 7) is 1.91. The first-order valence-electron chi connectivity index (χ1n) is 10.3. The maximum absolute atomic E-state index is 12.6. The molecule has 0 radical (unpaired) electrons. The second-order valence-electron chi connectivity index (χ2n) is 7.79. The van der Waals surface area contributed by atoms with E-state index in [1.54, 1.807) is 34.1 Å². The Balaban J connectivity index is 1.27. The van der Waals surface area contributed by atoms with Crippen molar-refractivity contribution in [2.24, 2.45) is 5.92 Å². The smallest absolute Gasteiger partial charge is 0.321 e. The van der Waals surface area contributed by atoms with Crippen molar-refractivity contribution in [3.63, 3.8) is 0 Å². The second-order valence-corrected chi connectivity index (χ2v) is 7.79. The van der Waals surface area contributed by atoms with Gasteiger partial charge in [-0.2, -0.15) is 0 Å². The van der Waals surface area contributed by atoms with Gasteiger partial charge in [-0.15, -0.1) is 0 Å². The van der Waals surface area contributed by atoms with Crippen molar-refractivity contribution in [2.75, 3.05) is 31.5 Å². The summed E-state index contributed by atoms with van der Waals surface area (Å²) < 4.78 is 0. The van der Waals surface area contributed by atoms with Gasteiger partial charge >= 0.3 is 6.03 Å². The van der Waals surface area contributed by atoms with Crippen LogP contribution in [0.25, 0.3) is 0 Å². The summed E-state index contributed by atoms with van der Waals surface area (Å²) in [5.41, 5.74) is 2.24. The Labute approximate surface area is 180 Å². The van der Waals surface area contributed by atoms with E-state index in [9.17, 15) is 19.2 Å². The number of piperazine rings is 1. The highest BCUT2D eigenvalue weighted by Crippen LogP contribution is 2.19. The number of carbonyl (C=O) groups is 4. The summed E-state index contributed by atoms with van der Waals surface area (Å²) in [4.78, 5) is 51.6. The van der Waals surface area contributed by atoms with Gasteiger partial charge in [0.25, 0.3) is 5.91 Å². The van der Waals surface area contributed by atoms with Gasteiger partial charge in [0.15, 0.2) is 0 Å². The van der Waals surface area contributed by atoms with E-state index >= 15 is 0 Å². The molecule has 1 atom stereocenters. The molecular weight excluding hydrogens is 396 g/mol. The highest BCUT2D eigenvalue weighted by molar-refractivity contribution is 6.03. The van der Waals surface area contributed by atoms with Crippen LogP contribution in [0.5, 0.6) is 0 Å². The van der Waals surface area contributed by atoms with Crippen LogP contribution in [0, 0.1) is 5.92 Å². The standard InChI is InChI=1S/C23H24N4O4/c28-20-15-18(21(29)25-20)14-16-6-8-19(9-7-16)24-23(31)27-12-10-26(11-13-27)22(30)17-4-2-1-3-5-17/h1-9,18H,10-15H2,(H,24,31)(H,25,28,29)/t18-/m0/s1. The van der Waals surface area contributed by atoms with Crippen molar-refractivity contribution in [3.05, 3.63) is 65.7 Å². The molecule has 2 fully saturated rings. The number of carbonyl (C=O) groups excluding carboxylic acids is 4. The number of urea groups is 1. The van der Waals surface area contributed by atoms with E-state index in [0.29, 0.717) is 43.9 Å². The topological polar surface area (TPSA) is 98.8 Å². The number of hydrogen-bond donors (Lipinski definition) is 2. The number of benzene rings is 2. The van der Waals surface area contributed by atoms with Gasteiger partial charge < -0.3 is 15.1 Å². The molecule has 0 bridgehead atoms. The Morgan fingerprint density at radius 1 is 0.903 bits per heavy atom. The first kappa shape index (κ1) is 20.6. The van der Waals surface area contributed by atoms with Crippen LogP contribution in [0.2, 0.25) is 0 Å². The summed E-state index contributed by atoms with van der Waals surface area (Å²) in [6, 6.07) is 16.2. The molecule has 2 aliphatic heterocycles. The van der Waals surface area contributed by atoms with Gasteiger partial charge in [0, 0.05) is 43.9 Å². The second kappa shape index (κ2) is 8.99. The van der Waals surface area contributed by atoms with Crippen LogP contribution in [0.1, 0.15) is 22.3 Å². The Morgan fingerprint density at radius 2 is 1.55 bits per heavy atom. The minimum atomic E-state index is -0.331. The normalized spacial score (nSPS) is 18.6. The molecule has 31 heavy (non-hydrogen) atoms. The zero-order valence-corrected chi connectivity index (χ0v) is 17.0. The van der Waals surface area contributed by atoms with E-state index in [2.05, 4.69) is 10.6 Å². The molecular formula is C23H24N4O4. The molecule has 2 saturated heterocycles. The number of amides is 5. The molecule has 2 heterocycles. The van der Waals surface area contributed by atoms with Crippen molar-refractivity contribution in [1.29, 1.82) is 0 Å². The minimum absolute atomic E-state index is 0.0195. The van der Waals surface area contributed by atoms with Gasteiger partial charge in [0.2, 0.25) is 11.8 Å².